The van der Waals surface area contributed by atoms with Gasteiger partial charge in [-0.1, -0.05) is 25.1 Å². The summed E-state index contributed by atoms with van der Waals surface area (Å²) < 4.78 is 5.97. The van der Waals surface area contributed by atoms with E-state index in [1.807, 2.05) is 6.07 Å². The molecule has 4 N–H and O–H groups in total. The summed E-state index contributed by atoms with van der Waals surface area (Å²) in [4.78, 5) is 3.33. The van der Waals surface area contributed by atoms with Gasteiger partial charge in [0.05, 0.1) is 18.2 Å². The fourth-order valence-corrected chi connectivity index (χ4v) is 3.63. The number of hydrazine groups is 1. The quantitative estimate of drug-likeness (QED) is 0.595. The van der Waals surface area contributed by atoms with E-state index in [2.05, 4.69) is 55.6 Å². The van der Waals surface area contributed by atoms with E-state index in [1.54, 1.807) is 0 Å². The van der Waals surface area contributed by atoms with Crippen molar-refractivity contribution in [2.24, 2.45) is 17.7 Å². The van der Waals surface area contributed by atoms with Crippen LogP contribution in [0.5, 0.6) is 0 Å². The van der Waals surface area contributed by atoms with Gasteiger partial charge in [0.2, 0.25) is 0 Å². The Morgan fingerprint density at radius 3 is 2.60 bits per heavy atom. The van der Waals surface area contributed by atoms with Crippen molar-refractivity contribution in [1.82, 2.24) is 10.4 Å². The lowest BCUT2D eigenvalue weighted by molar-refractivity contribution is 0.0475. The Labute approximate surface area is 119 Å². The van der Waals surface area contributed by atoms with Crippen molar-refractivity contribution < 1.29 is 4.74 Å². The number of aromatic amines is 1. The molecule has 108 valence electrons. The fraction of sp³-hybridized carbons (Fsp3) is 0.500. The standard InChI is InChI=1S/C16H23N3O/c1-9-10(2)20-11(3)15(9)16(19-17)13-8-18-14-7-5-4-6-12(13)14/h4-11,15-16,18-19H,17H2,1-3H3. The molecular weight excluding hydrogens is 250 g/mol. The minimum absolute atomic E-state index is 0.0982. The zero-order valence-electron chi connectivity index (χ0n) is 12.3. The molecule has 2 heterocycles. The van der Waals surface area contributed by atoms with E-state index in [0.29, 0.717) is 11.8 Å². The maximum absolute atomic E-state index is 5.97. The highest BCUT2D eigenvalue weighted by Crippen LogP contribution is 2.41. The largest absolute Gasteiger partial charge is 0.375 e. The number of fused-ring (bicyclic) bond motifs is 1. The molecule has 4 heteroatoms. The summed E-state index contributed by atoms with van der Waals surface area (Å²) in [5.41, 5.74) is 5.39. The summed E-state index contributed by atoms with van der Waals surface area (Å²) in [7, 11) is 0. The highest BCUT2D eigenvalue weighted by atomic mass is 16.5. The molecule has 3 rings (SSSR count). The number of nitrogens with one attached hydrogen (secondary N) is 2. The van der Waals surface area contributed by atoms with Crippen molar-refractivity contribution in [3.05, 3.63) is 36.0 Å². The Kier molecular flexibility index (Phi) is 3.54. The van der Waals surface area contributed by atoms with Gasteiger partial charge in [0.25, 0.3) is 0 Å². The number of para-hydroxylation sites is 1. The van der Waals surface area contributed by atoms with Crippen LogP contribution >= 0.6 is 0 Å². The molecule has 4 nitrogen and oxygen atoms in total. The molecule has 0 amide bonds. The van der Waals surface area contributed by atoms with Crippen molar-refractivity contribution in [3.8, 4) is 0 Å². The van der Waals surface area contributed by atoms with Crippen LogP contribution in [-0.2, 0) is 4.74 Å². The molecule has 1 fully saturated rings. The molecular formula is C16H23N3O. The fourth-order valence-electron chi connectivity index (χ4n) is 3.63. The van der Waals surface area contributed by atoms with Gasteiger partial charge in [-0.15, -0.1) is 0 Å². The van der Waals surface area contributed by atoms with E-state index in [-0.39, 0.29) is 18.2 Å². The average Bonchev–Trinajstić information content (AvgIpc) is 2.97. The average molecular weight is 273 g/mol. The summed E-state index contributed by atoms with van der Waals surface area (Å²) in [5.74, 6) is 6.73. The molecule has 0 saturated carbocycles. The van der Waals surface area contributed by atoms with Crippen LogP contribution in [-0.4, -0.2) is 17.2 Å². The van der Waals surface area contributed by atoms with E-state index in [4.69, 9.17) is 10.6 Å². The summed E-state index contributed by atoms with van der Waals surface area (Å²) in [6.45, 7) is 6.53. The maximum Gasteiger partial charge on any atom is 0.0601 e. The molecule has 0 radical (unpaired) electrons. The normalized spacial score (nSPS) is 31.8. The van der Waals surface area contributed by atoms with Crippen LogP contribution < -0.4 is 11.3 Å². The molecule has 1 aliphatic rings. The third-order valence-electron chi connectivity index (χ3n) is 4.84. The predicted octanol–water partition coefficient (Wildman–Crippen LogP) is 2.73. The van der Waals surface area contributed by atoms with Crippen LogP contribution in [0.25, 0.3) is 10.9 Å². The third-order valence-corrected chi connectivity index (χ3v) is 4.84. The highest BCUT2D eigenvalue weighted by molar-refractivity contribution is 5.83. The van der Waals surface area contributed by atoms with Crippen molar-refractivity contribution in [2.75, 3.05) is 0 Å². The van der Waals surface area contributed by atoms with Gasteiger partial charge in [-0.25, -0.2) is 0 Å². The lowest BCUT2D eigenvalue weighted by Gasteiger charge is -2.28. The molecule has 2 aromatic rings. The van der Waals surface area contributed by atoms with Gasteiger partial charge in [0.1, 0.15) is 0 Å². The SMILES string of the molecule is CC1OC(C)C(C(NN)c2c[nH]c3ccccc23)C1C. The number of hydrogen-bond acceptors (Lipinski definition) is 3. The van der Waals surface area contributed by atoms with Crippen LogP contribution in [0.15, 0.2) is 30.5 Å². The molecule has 20 heavy (non-hydrogen) atoms. The summed E-state index contributed by atoms with van der Waals surface area (Å²) in [6, 6.07) is 8.43. The Bertz CT molecular complexity index is 594. The second kappa shape index (κ2) is 5.20. The van der Waals surface area contributed by atoms with Crippen LogP contribution in [0.2, 0.25) is 0 Å². The number of benzene rings is 1. The number of H-pyrrole nitrogens is 1. The summed E-state index contributed by atoms with van der Waals surface area (Å²) in [5, 5.41) is 1.23. The second-order valence-corrected chi connectivity index (χ2v) is 5.92. The first-order valence-corrected chi connectivity index (χ1v) is 7.31. The van der Waals surface area contributed by atoms with Gasteiger partial charge in [0, 0.05) is 23.0 Å². The molecule has 0 bridgehead atoms. The van der Waals surface area contributed by atoms with Gasteiger partial charge in [-0.05, 0) is 31.4 Å². The monoisotopic (exact) mass is 273 g/mol. The Balaban J connectivity index is 2.02. The number of nitrogens with two attached hydrogens (primary N) is 1. The minimum atomic E-state index is 0.0982. The molecule has 1 aromatic carbocycles. The molecule has 5 unspecified atom stereocenters. The molecule has 0 spiro atoms. The number of rotatable bonds is 3. The van der Waals surface area contributed by atoms with Crippen LogP contribution in [0, 0.1) is 11.8 Å². The van der Waals surface area contributed by atoms with E-state index >= 15 is 0 Å². The topological polar surface area (TPSA) is 63.1 Å². The Hall–Kier alpha value is -1.36. The van der Waals surface area contributed by atoms with Crippen molar-refractivity contribution in [3.63, 3.8) is 0 Å². The number of ether oxygens (including phenoxy) is 1. The smallest absolute Gasteiger partial charge is 0.0601 e. The lowest BCUT2D eigenvalue weighted by atomic mass is 9.80. The third kappa shape index (κ3) is 2.04. The van der Waals surface area contributed by atoms with Gasteiger partial charge >= 0.3 is 0 Å². The molecule has 5 atom stereocenters. The zero-order chi connectivity index (χ0) is 14.3. The predicted molar refractivity (Wildman–Crippen MR) is 81.0 cm³/mol. The van der Waals surface area contributed by atoms with Crippen LogP contribution in [0.4, 0.5) is 0 Å². The molecule has 1 aliphatic heterocycles. The highest BCUT2D eigenvalue weighted by Gasteiger charge is 2.42. The van der Waals surface area contributed by atoms with Crippen LogP contribution in [0.1, 0.15) is 32.4 Å². The first kappa shape index (κ1) is 13.6. The van der Waals surface area contributed by atoms with E-state index in [9.17, 15) is 0 Å². The first-order chi connectivity index (χ1) is 9.63. The number of aromatic nitrogens is 1. The van der Waals surface area contributed by atoms with Gasteiger partial charge < -0.3 is 9.72 Å². The zero-order valence-corrected chi connectivity index (χ0v) is 12.3. The van der Waals surface area contributed by atoms with E-state index < -0.39 is 0 Å². The summed E-state index contributed by atoms with van der Waals surface area (Å²) in [6.07, 6.45) is 2.54. The Morgan fingerprint density at radius 1 is 1.20 bits per heavy atom. The van der Waals surface area contributed by atoms with Crippen molar-refractivity contribution in [2.45, 2.75) is 39.0 Å². The Morgan fingerprint density at radius 2 is 1.95 bits per heavy atom. The van der Waals surface area contributed by atoms with E-state index in [0.717, 1.165) is 5.52 Å². The van der Waals surface area contributed by atoms with Gasteiger partial charge in [-0.2, -0.15) is 0 Å². The minimum Gasteiger partial charge on any atom is -0.375 e. The van der Waals surface area contributed by atoms with Crippen molar-refractivity contribution >= 4 is 10.9 Å². The molecule has 0 aliphatic carbocycles. The van der Waals surface area contributed by atoms with Crippen LogP contribution in [0.3, 0.4) is 0 Å². The molecule has 1 aromatic heterocycles. The van der Waals surface area contributed by atoms with Crippen molar-refractivity contribution in [1.29, 1.82) is 0 Å². The van der Waals surface area contributed by atoms with E-state index in [1.165, 1.54) is 10.9 Å². The lowest BCUT2D eigenvalue weighted by Crippen LogP contribution is -2.38. The van der Waals surface area contributed by atoms with Gasteiger partial charge in [-0.3, -0.25) is 11.3 Å². The van der Waals surface area contributed by atoms with Gasteiger partial charge in [0.15, 0.2) is 0 Å². The second-order valence-electron chi connectivity index (χ2n) is 5.92. The first-order valence-electron chi connectivity index (χ1n) is 7.31. The number of hydrogen-bond donors (Lipinski definition) is 3. The molecule has 1 saturated heterocycles. The maximum atomic E-state index is 5.97. The summed E-state index contributed by atoms with van der Waals surface area (Å²) >= 11 is 0.